The molecule has 2 fully saturated rings. The summed E-state index contributed by atoms with van der Waals surface area (Å²) in [5.74, 6) is 0. The average molecular weight is 318 g/mol. The van der Waals surface area contributed by atoms with Gasteiger partial charge in [-0.25, -0.2) is 8.42 Å². The van der Waals surface area contributed by atoms with E-state index in [-0.39, 0.29) is 12.1 Å². The van der Waals surface area contributed by atoms with Gasteiger partial charge in [-0.3, -0.25) is 0 Å². The molecule has 0 aromatic heterocycles. The van der Waals surface area contributed by atoms with Crippen LogP contribution < -0.4 is 0 Å². The highest BCUT2D eigenvalue weighted by atomic mass is 79.9. The third-order valence-corrected chi connectivity index (χ3v) is 6.20. The van der Waals surface area contributed by atoms with E-state index in [1.54, 1.807) is 22.5 Å². The van der Waals surface area contributed by atoms with Crippen LogP contribution >= 0.6 is 15.9 Å². The number of fused-ring (bicyclic) bond motifs is 2. The largest absolute Gasteiger partial charge is 0.375 e. The molecule has 1 aromatic carbocycles. The zero-order valence-electron chi connectivity index (χ0n) is 9.04. The summed E-state index contributed by atoms with van der Waals surface area (Å²) in [6.07, 6.45) is 0.904. The average Bonchev–Trinajstić information content (AvgIpc) is 2.91. The van der Waals surface area contributed by atoms with Crippen LogP contribution in [0.5, 0.6) is 0 Å². The molecule has 0 N–H and O–H groups in total. The van der Waals surface area contributed by atoms with Crippen LogP contribution in [0.2, 0.25) is 0 Å². The van der Waals surface area contributed by atoms with Gasteiger partial charge < -0.3 is 4.74 Å². The van der Waals surface area contributed by atoms with Crippen LogP contribution in [0, 0.1) is 0 Å². The van der Waals surface area contributed by atoms with Crippen LogP contribution in [-0.4, -0.2) is 38.0 Å². The summed E-state index contributed by atoms with van der Waals surface area (Å²) in [6, 6.07) is 6.94. The van der Waals surface area contributed by atoms with Gasteiger partial charge in [0.2, 0.25) is 10.0 Å². The summed E-state index contributed by atoms with van der Waals surface area (Å²) in [5, 5.41) is 0. The third-order valence-electron chi connectivity index (χ3n) is 3.27. The second-order valence-electron chi connectivity index (χ2n) is 4.35. The van der Waals surface area contributed by atoms with E-state index < -0.39 is 10.0 Å². The van der Waals surface area contributed by atoms with Crippen molar-refractivity contribution in [3.8, 4) is 0 Å². The maximum atomic E-state index is 12.5. The number of nitrogens with zero attached hydrogens (tertiary/aromatic N) is 1. The number of halogens is 1. The first kappa shape index (κ1) is 11.6. The van der Waals surface area contributed by atoms with Gasteiger partial charge >= 0.3 is 0 Å². The van der Waals surface area contributed by atoms with Gasteiger partial charge in [0, 0.05) is 11.0 Å². The van der Waals surface area contributed by atoms with Gasteiger partial charge in [0.25, 0.3) is 0 Å². The first-order chi connectivity index (χ1) is 8.09. The molecule has 3 rings (SSSR count). The van der Waals surface area contributed by atoms with Gasteiger partial charge in [-0.2, -0.15) is 4.31 Å². The summed E-state index contributed by atoms with van der Waals surface area (Å²) in [7, 11) is -3.39. The minimum Gasteiger partial charge on any atom is -0.375 e. The molecule has 2 aliphatic heterocycles. The molecule has 0 unspecified atom stereocenters. The summed E-state index contributed by atoms with van der Waals surface area (Å²) in [4.78, 5) is 0.340. The molecule has 17 heavy (non-hydrogen) atoms. The fourth-order valence-electron chi connectivity index (χ4n) is 2.44. The number of benzene rings is 1. The highest BCUT2D eigenvalue weighted by Gasteiger charge is 2.45. The van der Waals surface area contributed by atoms with Gasteiger partial charge in [-0.1, -0.05) is 12.1 Å². The zero-order chi connectivity index (χ0) is 12.0. The topological polar surface area (TPSA) is 46.6 Å². The van der Waals surface area contributed by atoms with E-state index in [0.717, 1.165) is 6.42 Å². The van der Waals surface area contributed by atoms with Crippen molar-refractivity contribution in [1.82, 2.24) is 4.31 Å². The van der Waals surface area contributed by atoms with Crippen LogP contribution in [0.15, 0.2) is 33.6 Å². The van der Waals surface area contributed by atoms with E-state index >= 15 is 0 Å². The van der Waals surface area contributed by atoms with Crippen molar-refractivity contribution in [2.24, 2.45) is 0 Å². The Balaban J connectivity index is 2.00. The summed E-state index contributed by atoms with van der Waals surface area (Å²) < 4.78 is 32.6. The minimum absolute atomic E-state index is 0.0112. The molecule has 2 atom stereocenters. The van der Waals surface area contributed by atoms with Gasteiger partial charge in [0.1, 0.15) is 0 Å². The summed E-state index contributed by atoms with van der Waals surface area (Å²) in [5.41, 5.74) is 0. The van der Waals surface area contributed by atoms with Crippen LogP contribution in [0.4, 0.5) is 0 Å². The van der Waals surface area contributed by atoms with Crippen LogP contribution in [0.3, 0.4) is 0 Å². The van der Waals surface area contributed by atoms with E-state index in [2.05, 4.69) is 15.9 Å². The predicted molar refractivity (Wildman–Crippen MR) is 66.2 cm³/mol. The number of hydrogen-bond acceptors (Lipinski definition) is 3. The van der Waals surface area contributed by atoms with E-state index in [9.17, 15) is 8.42 Å². The van der Waals surface area contributed by atoms with Gasteiger partial charge in [0.05, 0.1) is 23.6 Å². The molecule has 2 saturated heterocycles. The molecule has 2 bridgehead atoms. The molecule has 0 spiro atoms. The second kappa shape index (κ2) is 4.05. The van der Waals surface area contributed by atoms with Crippen molar-refractivity contribution in [1.29, 1.82) is 0 Å². The molecular weight excluding hydrogens is 306 g/mol. The van der Waals surface area contributed by atoms with Crippen molar-refractivity contribution in [3.63, 3.8) is 0 Å². The lowest BCUT2D eigenvalue weighted by atomic mass is 10.3. The monoisotopic (exact) mass is 317 g/mol. The number of ether oxygens (including phenoxy) is 1. The van der Waals surface area contributed by atoms with E-state index in [0.29, 0.717) is 22.5 Å². The number of rotatable bonds is 2. The maximum absolute atomic E-state index is 12.5. The van der Waals surface area contributed by atoms with Crippen molar-refractivity contribution >= 4 is 26.0 Å². The molecule has 92 valence electrons. The van der Waals surface area contributed by atoms with E-state index in [4.69, 9.17) is 4.74 Å². The third kappa shape index (κ3) is 1.83. The quantitative estimate of drug-likeness (QED) is 0.832. The highest BCUT2D eigenvalue weighted by molar-refractivity contribution is 9.10. The first-order valence-electron chi connectivity index (χ1n) is 5.47. The highest BCUT2D eigenvalue weighted by Crippen LogP contribution is 2.34. The Kier molecular flexibility index (Phi) is 2.77. The lowest BCUT2D eigenvalue weighted by molar-refractivity contribution is 0.0608. The van der Waals surface area contributed by atoms with Gasteiger partial charge in [0.15, 0.2) is 0 Å². The predicted octanol–water partition coefficient (Wildman–Crippen LogP) is 1.61. The molecular formula is C11H12BrNO3S. The fraction of sp³-hybridized carbons (Fsp3) is 0.455. The molecule has 0 amide bonds. The molecule has 2 aliphatic rings. The molecule has 0 radical (unpaired) electrons. The standard InChI is InChI=1S/C11H12BrNO3S/c12-10-3-1-2-4-11(10)17(14,15)13-6-9-5-8(13)7-16-9/h1-4,8-9H,5-7H2/t8-,9+/m0/s1. The zero-order valence-corrected chi connectivity index (χ0v) is 11.4. The Hall–Kier alpha value is -0.430. The lowest BCUT2D eigenvalue weighted by Crippen LogP contribution is -2.41. The molecule has 2 heterocycles. The number of hydrogen-bond donors (Lipinski definition) is 0. The normalized spacial score (nSPS) is 28.8. The maximum Gasteiger partial charge on any atom is 0.244 e. The van der Waals surface area contributed by atoms with E-state index in [1.165, 1.54) is 0 Å². The van der Waals surface area contributed by atoms with Gasteiger partial charge in [-0.15, -0.1) is 0 Å². The van der Waals surface area contributed by atoms with Crippen LogP contribution in [-0.2, 0) is 14.8 Å². The fourth-order valence-corrected chi connectivity index (χ4v) is 5.06. The number of morpholine rings is 1. The lowest BCUT2D eigenvalue weighted by Gasteiger charge is -2.26. The first-order valence-corrected chi connectivity index (χ1v) is 7.70. The summed E-state index contributed by atoms with van der Waals surface area (Å²) in [6.45, 7) is 1.00. The Morgan fingerprint density at radius 3 is 2.71 bits per heavy atom. The van der Waals surface area contributed by atoms with Crippen molar-refractivity contribution in [2.75, 3.05) is 13.2 Å². The van der Waals surface area contributed by atoms with Gasteiger partial charge in [-0.05, 0) is 34.5 Å². The summed E-state index contributed by atoms with van der Waals surface area (Å²) >= 11 is 3.30. The Bertz CT molecular complexity index is 545. The second-order valence-corrected chi connectivity index (χ2v) is 7.06. The molecule has 0 saturated carbocycles. The van der Waals surface area contributed by atoms with E-state index in [1.807, 2.05) is 6.07 Å². The van der Waals surface area contributed by atoms with Crippen LogP contribution in [0.25, 0.3) is 0 Å². The van der Waals surface area contributed by atoms with Crippen LogP contribution in [0.1, 0.15) is 6.42 Å². The molecule has 0 aliphatic carbocycles. The Labute approximate surface area is 109 Å². The van der Waals surface area contributed by atoms with Crippen molar-refractivity contribution in [3.05, 3.63) is 28.7 Å². The van der Waals surface area contributed by atoms with Crippen molar-refractivity contribution < 1.29 is 13.2 Å². The van der Waals surface area contributed by atoms with Crippen molar-refractivity contribution in [2.45, 2.75) is 23.5 Å². The molecule has 4 nitrogen and oxygen atoms in total. The Morgan fingerprint density at radius 2 is 2.12 bits per heavy atom. The SMILES string of the molecule is O=S(=O)(c1ccccc1Br)N1C[C@H]2C[C@H]1CO2. The Morgan fingerprint density at radius 1 is 1.35 bits per heavy atom. The number of sulfonamides is 1. The molecule has 6 heteroatoms. The smallest absolute Gasteiger partial charge is 0.244 e. The minimum atomic E-state index is -3.39. The molecule has 1 aromatic rings.